The molecule has 0 radical (unpaired) electrons. The van der Waals surface area contributed by atoms with Gasteiger partial charge in [0.25, 0.3) is 0 Å². The third-order valence-corrected chi connectivity index (χ3v) is 5.07. The highest BCUT2D eigenvalue weighted by Crippen LogP contribution is 2.28. The summed E-state index contributed by atoms with van der Waals surface area (Å²) < 4.78 is 0. The minimum Gasteiger partial charge on any atom is -0.354 e. The monoisotopic (exact) mass is 423 g/mol. The van der Waals surface area contributed by atoms with Crippen LogP contribution in [0.15, 0.2) is 36.4 Å². The Morgan fingerprint density at radius 1 is 0.964 bits per heavy atom. The molecule has 0 spiro atoms. The van der Waals surface area contributed by atoms with Gasteiger partial charge in [-0.15, -0.1) is 35.0 Å². The van der Waals surface area contributed by atoms with E-state index in [1.807, 2.05) is 30.3 Å². The van der Waals surface area contributed by atoms with Gasteiger partial charge in [-0.05, 0) is 43.5 Å². The topological polar surface area (TPSA) is 61.4 Å². The first-order chi connectivity index (χ1) is 12.7. The highest BCUT2D eigenvalue weighted by atomic mass is 35.5. The summed E-state index contributed by atoms with van der Waals surface area (Å²) in [5.74, 6) is 0.890. The van der Waals surface area contributed by atoms with Crippen molar-refractivity contribution in [3.8, 4) is 11.3 Å². The van der Waals surface area contributed by atoms with Gasteiger partial charge in [0.1, 0.15) is 0 Å². The molecule has 2 aliphatic rings. The van der Waals surface area contributed by atoms with Crippen molar-refractivity contribution in [3.05, 3.63) is 36.4 Å². The molecule has 1 aliphatic heterocycles. The number of halogens is 2. The summed E-state index contributed by atoms with van der Waals surface area (Å²) in [6, 6.07) is 12.6. The number of anilines is 2. The fourth-order valence-corrected chi connectivity index (χ4v) is 3.55. The average Bonchev–Trinajstić information content (AvgIpc) is 3.48. The summed E-state index contributed by atoms with van der Waals surface area (Å²) >= 11 is 0. The molecule has 1 aromatic carbocycles. The quantitative estimate of drug-likeness (QED) is 0.813. The van der Waals surface area contributed by atoms with E-state index < -0.39 is 0 Å². The lowest BCUT2D eigenvalue weighted by atomic mass is 10.1. The van der Waals surface area contributed by atoms with Gasteiger partial charge in [-0.25, -0.2) is 0 Å². The number of aromatic nitrogens is 2. The van der Waals surface area contributed by atoms with E-state index in [2.05, 4.69) is 31.4 Å². The number of hydrogen-bond donors (Lipinski definition) is 1. The molecule has 0 bridgehead atoms. The van der Waals surface area contributed by atoms with E-state index >= 15 is 0 Å². The van der Waals surface area contributed by atoms with E-state index in [4.69, 9.17) is 0 Å². The molecule has 1 aromatic heterocycles. The van der Waals surface area contributed by atoms with Gasteiger partial charge in [0.05, 0.1) is 5.69 Å². The van der Waals surface area contributed by atoms with Crippen molar-refractivity contribution < 1.29 is 4.79 Å². The molecule has 1 aliphatic carbocycles. The SMILES string of the molecule is CC(=O)Nc1ccc(-c2ccc(N3CCCN(C4CC4)CC3)nn2)cc1.Cl.Cl. The van der Waals surface area contributed by atoms with Gasteiger partial charge in [-0.3, -0.25) is 9.69 Å². The Balaban J connectivity index is 0.00000140. The van der Waals surface area contributed by atoms with Gasteiger partial charge in [0.15, 0.2) is 5.82 Å². The van der Waals surface area contributed by atoms with Crippen molar-refractivity contribution in [2.45, 2.75) is 32.2 Å². The highest BCUT2D eigenvalue weighted by Gasteiger charge is 2.30. The average molecular weight is 424 g/mol. The van der Waals surface area contributed by atoms with E-state index in [-0.39, 0.29) is 30.7 Å². The Bertz CT molecular complexity index is 765. The molecule has 28 heavy (non-hydrogen) atoms. The van der Waals surface area contributed by atoms with Crippen molar-refractivity contribution in [2.24, 2.45) is 0 Å². The zero-order valence-corrected chi connectivity index (χ0v) is 17.6. The van der Waals surface area contributed by atoms with Gasteiger partial charge in [-0.1, -0.05) is 12.1 Å². The molecule has 1 saturated heterocycles. The number of hydrogen-bond acceptors (Lipinski definition) is 5. The second-order valence-electron chi connectivity index (χ2n) is 7.14. The van der Waals surface area contributed by atoms with E-state index in [9.17, 15) is 4.79 Å². The summed E-state index contributed by atoms with van der Waals surface area (Å²) in [5.41, 5.74) is 2.63. The minimum atomic E-state index is -0.0698. The molecular formula is C20H27Cl2N5O. The molecule has 1 amide bonds. The normalized spacial score (nSPS) is 17.1. The minimum absolute atomic E-state index is 0. The van der Waals surface area contributed by atoms with Crippen molar-refractivity contribution >= 4 is 42.2 Å². The van der Waals surface area contributed by atoms with Crippen molar-refractivity contribution in [3.63, 3.8) is 0 Å². The molecule has 0 atom stereocenters. The van der Waals surface area contributed by atoms with Crippen LogP contribution in [0.2, 0.25) is 0 Å². The van der Waals surface area contributed by atoms with Crippen LogP contribution in [0, 0.1) is 0 Å². The fourth-order valence-electron chi connectivity index (χ4n) is 3.55. The predicted octanol–water partition coefficient (Wildman–Crippen LogP) is 3.62. The smallest absolute Gasteiger partial charge is 0.221 e. The van der Waals surface area contributed by atoms with E-state index in [1.165, 1.54) is 32.7 Å². The Labute approximate surface area is 178 Å². The summed E-state index contributed by atoms with van der Waals surface area (Å²) in [6.07, 6.45) is 3.93. The zero-order valence-electron chi connectivity index (χ0n) is 16.0. The van der Waals surface area contributed by atoms with Crippen LogP contribution >= 0.6 is 24.8 Å². The lowest BCUT2D eigenvalue weighted by Gasteiger charge is -2.22. The van der Waals surface area contributed by atoms with Crippen LogP contribution in [0.3, 0.4) is 0 Å². The molecule has 2 fully saturated rings. The van der Waals surface area contributed by atoms with Gasteiger partial charge in [0, 0.05) is 50.4 Å². The molecule has 8 heteroatoms. The van der Waals surface area contributed by atoms with Gasteiger partial charge in [-0.2, -0.15) is 0 Å². The molecule has 6 nitrogen and oxygen atoms in total. The Hall–Kier alpha value is -1.89. The Kier molecular flexibility index (Phi) is 8.04. The van der Waals surface area contributed by atoms with Gasteiger partial charge in [0.2, 0.25) is 5.91 Å². The van der Waals surface area contributed by atoms with Crippen molar-refractivity contribution in [2.75, 3.05) is 36.4 Å². The van der Waals surface area contributed by atoms with Gasteiger partial charge < -0.3 is 10.2 Å². The standard InChI is InChI=1S/C20H25N5O.2ClH/c1-15(26)21-17-5-3-16(4-6-17)19-9-10-20(23-22-19)25-12-2-11-24(13-14-25)18-7-8-18;;/h3-6,9-10,18H,2,7-8,11-14H2,1H3,(H,21,26);2*1H. The summed E-state index contributed by atoms with van der Waals surface area (Å²) in [4.78, 5) is 16.1. The number of nitrogens with zero attached hydrogens (tertiary/aromatic N) is 4. The van der Waals surface area contributed by atoms with Crippen LogP contribution < -0.4 is 10.2 Å². The second kappa shape index (κ2) is 10.0. The maximum Gasteiger partial charge on any atom is 0.221 e. The largest absolute Gasteiger partial charge is 0.354 e. The number of carbonyl (C=O) groups excluding carboxylic acids is 1. The number of benzene rings is 1. The first-order valence-electron chi connectivity index (χ1n) is 9.40. The maximum absolute atomic E-state index is 11.1. The van der Waals surface area contributed by atoms with Crippen LogP contribution in [0.4, 0.5) is 11.5 Å². The molecular weight excluding hydrogens is 397 g/mol. The molecule has 2 heterocycles. The molecule has 1 saturated carbocycles. The number of carbonyl (C=O) groups is 1. The van der Waals surface area contributed by atoms with Crippen LogP contribution in [-0.2, 0) is 4.79 Å². The number of nitrogens with one attached hydrogen (secondary N) is 1. The fraction of sp³-hybridized carbons (Fsp3) is 0.450. The zero-order chi connectivity index (χ0) is 17.9. The van der Waals surface area contributed by atoms with Crippen molar-refractivity contribution in [1.29, 1.82) is 0 Å². The van der Waals surface area contributed by atoms with Crippen molar-refractivity contribution in [1.82, 2.24) is 15.1 Å². The predicted molar refractivity (Wildman–Crippen MR) is 118 cm³/mol. The van der Waals surface area contributed by atoms with E-state index in [0.29, 0.717) is 0 Å². The molecule has 152 valence electrons. The summed E-state index contributed by atoms with van der Waals surface area (Å²) in [6.45, 7) is 5.90. The van der Waals surface area contributed by atoms with Crippen LogP contribution in [0.25, 0.3) is 11.3 Å². The van der Waals surface area contributed by atoms with E-state index in [0.717, 1.165) is 48.4 Å². The Morgan fingerprint density at radius 3 is 2.32 bits per heavy atom. The maximum atomic E-state index is 11.1. The first-order valence-corrected chi connectivity index (χ1v) is 9.40. The van der Waals surface area contributed by atoms with Crippen LogP contribution in [-0.4, -0.2) is 53.2 Å². The third kappa shape index (κ3) is 5.56. The summed E-state index contributed by atoms with van der Waals surface area (Å²) in [7, 11) is 0. The second-order valence-corrected chi connectivity index (χ2v) is 7.14. The third-order valence-electron chi connectivity index (χ3n) is 5.07. The number of rotatable bonds is 4. The number of amides is 1. The molecule has 0 unspecified atom stereocenters. The molecule has 2 aromatic rings. The van der Waals surface area contributed by atoms with Crippen LogP contribution in [0.5, 0.6) is 0 Å². The summed E-state index contributed by atoms with van der Waals surface area (Å²) in [5, 5.41) is 11.7. The first kappa shape index (κ1) is 22.4. The van der Waals surface area contributed by atoms with Crippen LogP contribution in [0.1, 0.15) is 26.2 Å². The molecule has 1 N–H and O–H groups in total. The molecule has 4 rings (SSSR count). The Morgan fingerprint density at radius 2 is 1.71 bits per heavy atom. The lowest BCUT2D eigenvalue weighted by Crippen LogP contribution is -2.32. The van der Waals surface area contributed by atoms with E-state index in [1.54, 1.807) is 0 Å². The van der Waals surface area contributed by atoms with Gasteiger partial charge >= 0.3 is 0 Å². The highest BCUT2D eigenvalue weighted by molar-refractivity contribution is 5.88. The lowest BCUT2D eigenvalue weighted by molar-refractivity contribution is -0.114.